The fourth-order valence-electron chi connectivity index (χ4n) is 4.30. The van der Waals surface area contributed by atoms with E-state index in [1.807, 2.05) is 30.5 Å². The first-order valence-electron chi connectivity index (χ1n) is 8.95. The lowest BCUT2D eigenvalue weighted by atomic mass is 9.60. The third kappa shape index (κ3) is 3.07. The van der Waals surface area contributed by atoms with E-state index in [0.29, 0.717) is 16.2 Å². The van der Waals surface area contributed by atoms with Crippen LogP contribution in [-0.2, 0) is 0 Å². The van der Waals surface area contributed by atoms with E-state index in [1.54, 1.807) is 6.07 Å². The van der Waals surface area contributed by atoms with Gasteiger partial charge in [0.1, 0.15) is 5.75 Å². The monoisotopic (exact) mass is 405 g/mol. The van der Waals surface area contributed by atoms with Crippen molar-refractivity contribution < 1.29 is 13.9 Å². The molecule has 1 amide bonds. The third-order valence-corrected chi connectivity index (χ3v) is 6.43. The Balaban J connectivity index is 1.10. The highest BCUT2D eigenvalue weighted by atomic mass is 35.5. The smallest absolute Gasteiger partial charge is 0.287 e. The topological polar surface area (TPSA) is 66.7 Å². The molecule has 3 aliphatic rings. The molecule has 2 aliphatic heterocycles. The molecule has 2 aromatic rings. The zero-order chi connectivity index (χ0) is 18.6. The standard InChI is InChI=1S/C19H20ClN3O3S/c1-27-16-5-4-15(25-16)17(24)21-12-7-19(8-12)9-23(10-19)18-22-13-6-11(20)2-3-14(13)26-18/h2-6,12,18,22H,7-10H2,1H3,(H,21,24). The van der Waals surface area contributed by atoms with Crippen LogP contribution in [0.2, 0.25) is 5.02 Å². The van der Waals surface area contributed by atoms with E-state index in [1.165, 1.54) is 11.8 Å². The second-order valence-electron chi connectivity index (χ2n) is 7.56. The van der Waals surface area contributed by atoms with E-state index >= 15 is 0 Å². The highest BCUT2D eigenvalue weighted by Crippen LogP contribution is 2.50. The highest BCUT2D eigenvalue weighted by Gasteiger charge is 2.55. The minimum Gasteiger partial charge on any atom is -0.455 e. The Morgan fingerprint density at radius 1 is 1.33 bits per heavy atom. The number of furan rings is 1. The number of halogens is 1. The van der Waals surface area contributed by atoms with Crippen LogP contribution >= 0.6 is 23.4 Å². The molecule has 6 nitrogen and oxygen atoms in total. The molecule has 1 spiro atoms. The molecule has 1 unspecified atom stereocenters. The van der Waals surface area contributed by atoms with E-state index in [9.17, 15) is 4.79 Å². The fourth-order valence-corrected chi connectivity index (χ4v) is 4.85. The molecule has 2 fully saturated rings. The molecule has 1 saturated heterocycles. The maximum Gasteiger partial charge on any atom is 0.287 e. The maximum absolute atomic E-state index is 12.3. The number of carbonyl (C=O) groups is 1. The van der Waals surface area contributed by atoms with Gasteiger partial charge in [0.05, 0.1) is 5.69 Å². The zero-order valence-corrected chi connectivity index (χ0v) is 16.4. The zero-order valence-electron chi connectivity index (χ0n) is 14.8. The predicted octanol–water partition coefficient (Wildman–Crippen LogP) is 3.64. The van der Waals surface area contributed by atoms with Crippen LogP contribution in [0.4, 0.5) is 5.69 Å². The quantitative estimate of drug-likeness (QED) is 0.757. The van der Waals surface area contributed by atoms with Crippen molar-refractivity contribution in [1.29, 1.82) is 0 Å². The molecule has 3 heterocycles. The lowest BCUT2D eigenvalue weighted by Gasteiger charge is -2.59. The number of hydrogen-bond acceptors (Lipinski definition) is 6. The van der Waals surface area contributed by atoms with Gasteiger partial charge in [-0.1, -0.05) is 23.4 Å². The van der Waals surface area contributed by atoms with Crippen molar-refractivity contribution in [3.05, 3.63) is 41.1 Å². The number of hydrogen-bond donors (Lipinski definition) is 2. The number of ether oxygens (including phenoxy) is 1. The third-order valence-electron chi connectivity index (χ3n) is 5.57. The Kier molecular flexibility index (Phi) is 4.07. The van der Waals surface area contributed by atoms with E-state index in [4.69, 9.17) is 20.8 Å². The van der Waals surface area contributed by atoms with E-state index in [-0.39, 0.29) is 18.3 Å². The average Bonchev–Trinajstić information content (AvgIpc) is 3.21. The number of rotatable bonds is 4. The Bertz CT molecular complexity index is 888. The molecule has 5 rings (SSSR count). The van der Waals surface area contributed by atoms with Gasteiger partial charge in [-0.2, -0.15) is 0 Å². The summed E-state index contributed by atoms with van der Waals surface area (Å²) >= 11 is 7.52. The van der Waals surface area contributed by atoms with Gasteiger partial charge in [-0.15, -0.1) is 0 Å². The summed E-state index contributed by atoms with van der Waals surface area (Å²) < 4.78 is 11.5. The molecule has 0 bridgehead atoms. The Morgan fingerprint density at radius 3 is 2.89 bits per heavy atom. The molecule has 142 valence electrons. The number of likely N-dealkylation sites (tertiary alicyclic amines) is 1. The van der Waals surface area contributed by atoms with Gasteiger partial charge in [-0.05, 0) is 49.4 Å². The number of thioether (sulfide) groups is 1. The van der Waals surface area contributed by atoms with Gasteiger partial charge < -0.3 is 19.8 Å². The number of nitrogens with zero attached hydrogens (tertiary/aromatic N) is 1. The van der Waals surface area contributed by atoms with Gasteiger partial charge >= 0.3 is 0 Å². The summed E-state index contributed by atoms with van der Waals surface area (Å²) in [6.07, 6.45) is 3.79. The summed E-state index contributed by atoms with van der Waals surface area (Å²) in [7, 11) is 0. The average molecular weight is 406 g/mol. The van der Waals surface area contributed by atoms with Gasteiger partial charge in [0.25, 0.3) is 5.91 Å². The van der Waals surface area contributed by atoms with Crippen LogP contribution in [-0.4, -0.2) is 42.5 Å². The first-order valence-corrected chi connectivity index (χ1v) is 10.6. The molecule has 1 atom stereocenters. The van der Waals surface area contributed by atoms with Crippen LogP contribution in [0.25, 0.3) is 0 Å². The van der Waals surface area contributed by atoms with Crippen molar-refractivity contribution in [2.75, 3.05) is 24.7 Å². The Labute approximate surface area is 166 Å². The predicted molar refractivity (Wildman–Crippen MR) is 104 cm³/mol. The minimum atomic E-state index is -0.134. The molecule has 27 heavy (non-hydrogen) atoms. The SMILES string of the molecule is CSc1ccc(C(=O)NC2CC3(C2)CN(C2Nc4cc(Cl)ccc4O2)C3)o1. The summed E-state index contributed by atoms with van der Waals surface area (Å²) in [6.45, 7) is 1.94. The van der Waals surface area contributed by atoms with Gasteiger partial charge in [0.15, 0.2) is 10.9 Å². The van der Waals surface area contributed by atoms with Crippen LogP contribution in [0.1, 0.15) is 23.4 Å². The molecule has 0 radical (unpaired) electrons. The van der Waals surface area contributed by atoms with Crippen LogP contribution in [0.5, 0.6) is 5.75 Å². The summed E-state index contributed by atoms with van der Waals surface area (Å²) in [6, 6.07) is 9.39. The van der Waals surface area contributed by atoms with Crippen molar-refractivity contribution >= 4 is 35.0 Å². The van der Waals surface area contributed by atoms with Gasteiger partial charge in [0.2, 0.25) is 6.35 Å². The van der Waals surface area contributed by atoms with Gasteiger partial charge in [-0.3, -0.25) is 4.79 Å². The minimum absolute atomic E-state index is 0.126. The Hall–Kier alpha value is -1.83. The van der Waals surface area contributed by atoms with Crippen molar-refractivity contribution in [2.45, 2.75) is 30.3 Å². The van der Waals surface area contributed by atoms with E-state index < -0.39 is 0 Å². The molecular formula is C19H20ClN3O3S. The van der Waals surface area contributed by atoms with Crippen molar-refractivity contribution in [3.8, 4) is 5.75 Å². The maximum atomic E-state index is 12.3. The summed E-state index contributed by atoms with van der Waals surface area (Å²) in [5, 5.41) is 7.90. The van der Waals surface area contributed by atoms with Crippen LogP contribution in [0, 0.1) is 5.41 Å². The largest absolute Gasteiger partial charge is 0.455 e. The van der Waals surface area contributed by atoms with Crippen molar-refractivity contribution in [1.82, 2.24) is 10.2 Å². The summed E-state index contributed by atoms with van der Waals surface area (Å²) in [4.78, 5) is 14.5. The van der Waals surface area contributed by atoms with Gasteiger partial charge in [-0.25, -0.2) is 4.90 Å². The number of benzene rings is 1. The van der Waals surface area contributed by atoms with E-state index in [0.717, 1.165) is 42.5 Å². The molecule has 1 aromatic carbocycles. The number of fused-ring (bicyclic) bond motifs is 1. The summed E-state index contributed by atoms with van der Waals surface area (Å²) in [5.41, 5.74) is 1.23. The first kappa shape index (κ1) is 17.3. The van der Waals surface area contributed by atoms with Crippen LogP contribution in [0.3, 0.4) is 0 Å². The van der Waals surface area contributed by atoms with Crippen LogP contribution < -0.4 is 15.4 Å². The second kappa shape index (κ2) is 6.36. The van der Waals surface area contributed by atoms with Gasteiger partial charge in [0, 0.05) is 29.6 Å². The molecule has 1 aromatic heterocycles. The lowest BCUT2D eigenvalue weighted by Crippen LogP contribution is -2.69. The summed E-state index contributed by atoms with van der Waals surface area (Å²) in [5.74, 6) is 1.10. The van der Waals surface area contributed by atoms with Crippen molar-refractivity contribution in [2.24, 2.45) is 5.41 Å². The number of anilines is 1. The second-order valence-corrected chi connectivity index (χ2v) is 8.81. The normalized spacial score (nSPS) is 23.1. The molecule has 8 heteroatoms. The highest BCUT2D eigenvalue weighted by molar-refractivity contribution is 7.98. The van der Waals surface area contributed by atoms with E-state index in [2.05, 4.69) is 15.5 Å². The van der Waals surface area contributed by atoms with Crippen LogP contribution in [0.15, 0.2) is 39.8 Å². The fraction of sp³-hybridized carbons (Fsp3) is 0.421. The number of carbonyl (C=O) groups excluding carboxylic acids is 1. The van der Waals surface area contributed by atoms with Crippen molar-refractivity contribution in [3.63, 3.8) is 0 Å². The molecule has 1 aliphatic carbocycles. The molecule has 2 N–H and O–H groups in total. The Morgan fingerprint density at radius 2 is 2.15 bits per heavy atom. The molecule has 1 saturated carbocycles. The first-order chi connectivity index (χ1) is 13.0. The number of amides is 1. The molecular weight excluding hydrogens is 386 g/mol. The lowest BCUT2D eigenvalue weighted by molar-refractivity contribution is -0.128. The number of nitrogens with one attached hydrogen (secondary N) is 2.